The van der Waals surface area contributed by atoms with E-state index in [-0.39, 0.29) is 6.04 Å². The van der Waals surface area contributed by atoms with Crippen LogP contribution in [-0.2, 0) is 0 Å². The van der Waals surface area contributed by atoms with E-state index in [0.29, 0.717) is 0 Å². The number of nitroso groups, excluding NO2 is 1. The van der Waals surface area contributed by atoms with E-state index in [1.54, 1.807) is 0 Å². The standard InChI is InChI=1S/C5H10N2O/c1-4-7(6-8)5(2)3/h4-5H,1H2,2-3H3. The molecule has 0 bridgehead atoms. The molecule has 0 saturated carbocycles. The lowest BCUT2D eigenvalue weighted by atomic mass is 10.4. The zero-order valence-electron chi connectivity index (χ0n) is 5.16. The molecule has 0 aromatic heterocycles. The van der Waals surface area contributed by atoms with Crippen LogP contribution in [-0.4, -0.2) is 11.1 Å². The summed E-state index contributed by atoms with van der Waals surface area (Å²) in [5.74, 6) is 0. The number of rotatable bonds is 3. The first-order chi connectivity index (χ1) is 3.72. The molecule has 0 unspecified atom stereocenters. The third kappa shape index (κ3) is 1.73. The summed E-state index contributed by atoms with van der Waals surface area (Å²) in [5.41, 5.74) is 0. The quantitative estimate of drug-likeness (QED) is 0.411. The van der Waals surface area contributed by atoms with E-state index in [0.717, 1.165) is 0 Å². The normalized spacial score (nSPS) is 8.88. The van der Waals surface area contributed by atoms with Crippen molar-refractivity contribution < 1.29 is 0 Å². The van der Waals surface area contributed by atoms with Gasteiger partial charge in [-0.25, -0.2) is 5.01 Å². The maximum absolute atomic E-state index is 9.78. The number of nitrogens with zero attached hydrogens (tertiary/aromatic N) is 2. The Hall–Kier alpha value is -0.860. The van der Waals surface area contributed by atoms with Gasteiger partial charge in [0.15, 0.2) is 0 Å². The van der Waals surface area contributed by atoms with E-state index < -0.39 is 0 Å². The van der Waals surface area contributed by atoms with E-state index in [2.05, 4.69) is 11.9 Å². The second-order valence-corrected chi connectivity index (χ2v) is 1.74. The zero-order chi connectivity index (χ0) is 6.57. The minimum atomic E-state index is 0.116. The molecule has 0 fully saturated rings. The summed E-state index contributed by atoms with van der Waals surface area (Å²) < 4.78 is 0. The minimum absolute atomic E-state index is 0.116. The van der Waals surface area contributed by atoms with Gasteiger partial charge in [-0.2, -0.15) is 0 Å². The van der Waals surface area contributed by atoms with E-state index >= 15 is 0 Å². The first-order valence-corrected chi connectivity index (χ1v) is 2.46. The molecule has 0 amide bonds. The molecule has 8 heavy (non-hydrogen) atoms. The molecule has 0 aliphatic rings. The van der Waals surface area contributed by atoms with Gasteiger partial charge in [-0.3, -0.25) is 0 Å². The molecule has 3 nitrogen and oxygen atoms in total. The Bertz CT molecular complexity index is 82.4. The largest absolute Gasteiger partial charge is 0.235 e. The zero-order valence-corrected chi connectivity index (χ0v) is 5.16. The summed E-state index contributed by atoms with van der Waals surface area (Å²) in [6.07, 6.45) is 1.40. The van der Waals surface area contributed by atoms with Crippen molar-refractivity contribution in [2.24, 2.45) is 5.29 Å². The van der Waals surface area contributed by atoms with Gasteiger partial charge >= 0.3 is 0 Å². The van der Waals surface area contributed by atoms with E-state index in [1.807, 2.05) is 13.8 Å². The molecule has 0 heterocycles. The third-order valence-corrected chi connectivity index (χ3v) is 0.810. The molecule has 3 heteroatoms. The SMILES string of the molecule is C=CN(N=O)C(C)C. The van der Waals surface area contributed by atoms with Crippen LogP contribution in [0.15, 0.2) is 18.1 Å². The highest BCUT2D eigenvalue weighted by Crippen LogP contribution is 1.96. The predicted octanol–water partition coefficient (Wildman–Crippen LogP) is 1.52. The number of hydrogen-bond acceptors (Lipinski definition) is 2. The van der Waals surface area contributed by atoms with Crippen molar-refractivity contribution >= 4 is 0 Å². The highest BCUT2D eigenvalue weighted by molar-refractivity contribution is 4.69. The summed E-state index contributed by atoms with van der Waals surface area (Å²) in [4.78, 5) is 9.78. The number of hydrogen-bond donors (Lipinski definition) is 0. The Morgan fingerprint density at radius 3 is 2.25 bits per heavy atom. The van der Waals surface area contributed by atoms with Crippen LogP contribution in [0.2, 0.25) is 0 Å². The van der Waals surface area contributed by atoms with Crippen molar-refractivity contribution in [3.05, 3.63) is 17.7 Å². The first-order valence-electron chi connectivity index (χ1n) is 2.46. The van der Waals surface area contributed by atoms with Crippen molar-refractivity contribution in [3.8, 4) is 0 Å². The van der Waals surface area contributed by atoms with Crippen LogP contribution in [0.3, 0.4) is 0 Å². The molecule has 0 radical (unpaired) electrons. The minimum Gasteiger partial charge on any atom is -0.235 e. The van der Waals surface area contributed by atoms with Gasteiger partial charge in [0.1, 0.15) is 0 Å². The van der Waals surface area contributed by atoms with Crippen molar-refractivity contribution in [1.82, 2.24) is 5.01 Å². The monoisotopic (exact) mass is 114 g/mol. The second-order valence-electron chi connectivity index (χ2n) is 1.74. The lowest BCUT2D eigenvalue weighted by Gasteiger charge is -2.12. The smallest absolute Gasteiger partial charge is 0.0570 e. The Morgan fingerprint density at radius 2 is 2.25 bits per heavy atom. The lowest BCUT2D eigenvalue weighted by Crippen LogP contribution is -2.17. The maximum atomic E-state index is 9.78. The maximum Gasteiger partial charge on any atom is 0.0570 e. The predicted molar refractivity (Wildman–Crippen MR) is 33.0 cm³/mol. The van der Waals surface area contributed by atoms with Gasteiger partial charge in [-0.15, -0.1) is 4.91 Å². The van der Waals surface area contributed by atoms with E-state index in [4.69, 9.17) is 0 Å². The van der Waals surface area contributed by atoms with Crippen molar-refractivity contribution in [2.75, 3.05) is 0 Å². The van der Waals surface area contributed by atoms with Gasteiger partial charge in [-0.05, 0) is 13.8 Å². The topological polar surface area (TPSA) is 32.7 Å². The van der Waals surface area contributed by atoms with Gasteiger partial charge < -0.3 is 0 Å². The fraction of sp³-hybridized carbons (Fsp3) is 0.600. The highest BCUT2D eigenvalue weighted by atomic mass is 16.3. The van der Waals surface area contributed by atoms with E-state index in [9.17, 15) is 4.91 Å². The van der Waals surface area contributed by atoms with Crippen LogP contribution in [0.5, 0.6) is 0 Å². The van der Waals surface area contributed by atoms with Crippen LogP contribution < -0.4 is 0 Å². The average molecular weight is 114 g/mol. The molecular formula is C5H10N2O. The van der Waals surface area contributed by atoms with Gasteiger partial charge in [0.25, 0.3) is 0 Å². The molecule has 0 aromatic carbocycles. The molecular weight excluding hydrogens is 104 g/mol. The fourth-order valence-corrected chi connectivity index (χ4v) is 0.338. The highest BCUT2D eigenvalue weighted by Gasteiger charge is 1.99. The summed E-state index contributed by atoms with van der Waals surface area (Å²) in [6.45, 7) is 7.11. The summed E-state index contributed by atoms with van der Waals surface area (Å²) in [6, 6.07) is 0.116. The first kappa shape index (κ1) is 7.14. The van der Waals surface area contributed by atoms with Crippen molar-refractivity contribution in [1.29, 1.82) is 0 Å². The van der Waals surface area contributed by atoms with Crippen LogP contribution in [0.25, 0.3) is 0 Å². The molecule has 0 N–H and O–H groups in total. The second kappa shape index (κ2) is 3.18. The van der Waals surface area contributed by atoms with Crippen LogP contribution in [0.1, 0.15) is 13.8 Å². The fourth-order valence-electron chi connectivity index (χ4n) is 0.338. The molecule has 0 aromatic rings. The molecule has 0 atom stereocenters. The average Bonchev–Trinajstić information content (AvgIpc) is 1.69. The summed E-state index contributed by atoms with van der Waals surface area (Å²) >= 11 is 0. The van der Waals surface area contributed by atoms with Gasteiger partial charge in [0.05, 0.1) is 5.29 Å². The Kier molecular flexibility index (Phi) is 2.84. The van der Waals surface area contributed by atoms with Gasteiger partial charge in [0.2, 0.25) is 0 Å². The molecule has 0 saturated heterocycles. The third-order valence-electron chi connectivity index (χ3n) is 0.810. The Morgan fingerprint density at radius 1 is 1.75 bits per heavy atom. The molecule has 0 aliphatic carbocycles. The Labute approximate surface area is 48.9 Å². The van der Waals surface area contributed by atoms with Crippen LogP contribution >= 0.6 is 0 Å². The Balaban J connectivity index is 3.68. The molecule has 0 aliphatic heterocycles. The molecule has 0 spiro atoms. The summed E-state index contributed by atoms with van der Waals surface area (Å²) in [5, 5.41) is 3.92. The van der Waals surface area contributed by atoms with Crippen LogP contribution in [0.4, 0.5) is 0 Å². The van der Waals surface area contributed by atoms with Crippen LogP contribution in [0, 0.1) is 4.91 Å². The van der Waals surface area contributed by atoms with Crippen molar-refractivity contribution in [3.63, 3.8) is 0 Å². The molecule has 46 valence electrons. The molecule has 0 rings (SSSR count). The van der Waals surface area contributed by atoms with Gasteiger partial charge in [-0.1, -0.05) is 6.58 Å². The van der Waals surface area contributed by atoms with E-state index in [1.165, 1.54) is 11.2 Å². The summed E-state index contributed by atoms with van der Waals surface area (Å²) in [7, 11) is 0. The van der Waals surface area contributed by atoms with Crippen molar-refractivity contribution in [2.45, 2.75) is 19.9 Å². The lowest BCUT2D eigenvalue weighted by molar-refractivity contribution is 0.324. The van der Waals surface area contributed by atoms with Gasteiger partial charge in [0, 0.05) is 12.2 Å².